The zero-order chi connectivity index (χ0) is 12.0. The van der Waals surface area contributed by atoms with Crippen molar-refractivity contribution < 1.29 is 24.8 Å². The van der Waals surface area contributed by atoms with E-state index in [1.807, 2.05) is 0 Å². The minimum absolute atomic E-state index is 0.312. The van der Waals surface area contributed by atoms with Crippen LogP contribution in [-0.2, 0) is 9.47 Å². The van der Waals surface area contributed by atoms with Gasteiger partial charge in [0.25, 0.3) is 0 Å². The smallest absolute Gasteiger partial charge is 0.184 e. The molecule has 0 radical (unpaired) electrons. The first-order valence-electron chi connectivity index (χ1n) is 5.94. The maximum Gasteiger partial charge on any atom is 0.184 e. The van der Waals surface area contributed by atoms with Crippen LogP contribution >= 0.6 is 0 Å². The van der Waals surface area contributed by atoms with Gasteiger partial charge in [-0.1, -0.05) is 26.2 Å². The van der Waals surface area contributed by atoms with Crippen LogP contribution in [0.3, 0.4) is 0 Å². The van der Waals surface area contributed by atoms with Crippen LogP contribution in [0.25, 0.3) is 0 Å². The van der Waals surface area contributed by atoms with Crippen molar-refractivity contribution in [3.63, 3.8) is 0 Å². The summed E-state index contributed by atoms with van der Waals surface area (Å²) in [6.45, 7) is 2.32. The molecule has 0 bridgehead atoms. The van der Waals surface area contributed by atoms with E-state index in [0.29, 0.717) is 6.61 Å². The number of rotatable bonds is 7. The van der Waals surface area contributed by atoms with Crippen molar-refractivity contribution in [2.24, 2.45) is 0 Å². The second kappa shape index (κ2) is 7.19. The zero-order valence-electron chi connectivity index (χ0n) is 9.71. The molecule has 1 aliphatic rings. The molecule has 0 spiro atoms. The fourth-order valence-corrected chi connectivity index (χ4v) is 1.80. The Kier molecular flexibility index (Phi) is 6.23. The van der Waals surface area contributed by atoms with E-state index in [4.69, 9.17) is 14.6 Å². The predicted octanol–water partition coefficient (Wildman–Crippen LogP) is 0.0223. The normalized spacial score (nSPS) is 34.5. The molecule has 4 atom stereocenters. The van der Waals surface area contributed by atoms with Crippen molar-refractivity contribution in [2.45, 2.75) is 57.2 Å². The third-order valence-electron chi connectivity index (χ3n) is 2.80. The molecule has 96 valence electrons. The molecule has 1 aliphatic heterocycles. The van der Waals surface area contributed by atoms with Crippen molar-refractivity contribution in [2.75, 3.05) is 13.2 Å². The van der Waals surface area contributed by atoms with Gasteiger partial charge >= 0.3 is 0 Å². The molecular formula is C11H22O5. The number of aliphatic hydroxyl groups is 3. The fourth-order valence-electron chi connectivity index (χ4n) is 1.80. The Morgan fingerprint density at radius 2 is 1.94 bits per heavy atom. The summed E-state index contributed by atoms with van der Waals surface area (Å²) in [5, 5.41) is 28.0. The van der Waals surface area contributed by atoms with Crippen molar-refractivity contribution in [3.05, 3.63) is 0 Å². The molecule has 0 amide bonds. The van der Waals surface area contributed by atoms with Crippen LogP contribution in [-0.4, -0.2) is 53.1 Å². The summed E-state index contributed by atoms with van der Waals surface area (Å²) < 4.78 is 10.3. The fraction of sp³-hybridized carbons (Fsp3) is 1.00. The predicted molar refractivity (Wildman–Crippen MR) is 57.9 cm³/mol. The highest BCUT2D eigenvalue weighted by molar-refractivity contribution is 4.86. The van der Waals surface area contributed by atoms with E-state index in [9.17, 15) is 10.2 Å². The average molecular weight is 234 g/mol. The summed E-state index contributed by atoms with van der Waals surface area (Å²) in [5.41, 5.74) is 0. The lowest BCUT2D eigenvalue weighted by molar-refractivity contribution is -0.147. The van der Waals surface area contributed by atoms with E-state index in [-0.39, 0.29) is 6.61 Å². The van der Waals surface area contributed by atoms with Crippen LogP contribution in [0.5, 0.6) is 0 Å². The molecule has 0 saturated carbocycles. The van der Waals surface area contributed by atoms with Crippen LogP contribution in [0.4, 0.5) is 0 Å². The van der Waals surface area contributed by atoms with Gasteiger partial charge in [-0.3, -0.25) is 0 Å². The minimum Gasteiger partial charge on any atom is -0.394 e. The van der Waals surface area contributed by atoms with E-state index in [1.54, 1.807) is 0 Å². The van der Waals surface area contributed by atoms with Crippen LogP contribution in [0.1, 0.15) is 32.6 Å². The van der Waals surface area contributed by atoms with E-state index in [0.717, 1.165) is 25.7 Å². The lowest BCUT2D eigenvalue weighted by atomic mass is 10.1. The van der Waals surface area contributed by atoms with Gasteiger partial charge in [0.1, 0.15) is 18.3 Å². The molecule has 5 heteroatoms. The third kappa shape index (κ3) is 3.68. The van der Waals surface area contributed by atoms with E-state index < -0.39 is 24.6 Å². The average Bonchev–Trinajstić information content (AvgIpc) is 2.55. The van der Waals surface area contributed by atoms with E-state index in [1.165, 1.54) is 0 Å². The highest BCUT2D eigenvalue weighted by Crippen LogP contribution is 2.22. The Bertz CT molecular complexity index is 187. The maximum atomic E-state index is 9.65. The van der Waals surface area contributed by atoms with Crippen LogP contribution in [0.15, 0.2) is 0 Å². The standard InChI is InChI=1S/C11H22O5/c1-2-3-4-5-6-15-10-9(13)8(7-12)16-11(10)14/h8-14H,2-7H2,1H3/t8-,9-,10+,11+/m0/s1. The van der Waals surface area contributed by atoms with Gasteiger partial charge < -0.3 is 24.8 Å². The first-order valence-corrected chi connectivity index (χ1v) is 5.94. The second-order valence-corrected chi connectivity index (χ2v) is 4.13. The summed E-state index contributed by atoms with van der Waals surface area (Å²) in [7, 11) is 0. The number of ether oxygens (including phenoxy) is 2. The number of aliphatic hydroxyl groups excluding tert-OH is 3. The van der Waals surface area contributed by atoms with Gasteiger partial charge in [0.15, 0.2) is 6.29 Å². The van der Waals surface area contributed by atoms with Crippen molar-refractivity contribution in [1.29, 1.82) is 0 Å². The molecule has 0 aromatic rings. The SMILES string of the molecule is CCCCCCO[C@@H]1[C@@H](O)[C@H](CO)O[C@H]1O. The molecular weight excluding hydrogens is 212 g/mol. The summed E-state index contributed by atoms with van der Waals surface area (Å²) in [6.07, 6.45) is 0.742. The summed E-state index contributed by atoms with van der Waals surface area (Å²) in [4.78, 5) is 0. The molecule has 5 nitrogen and oxygen atoms in total. The lowest BCUT2D eigenvalue weighted by Crippen LogP contribution is -2.36. The Morgan fingerprint density at radius 1 is 1.19 bits per heavy atom. The topological polar surface area (TPSA) is 79.2 Å². The number of hydrogen-bond donors (Lipinski definition) is 3. The maximum absolute atomic E-state index is 9.65. The Morgan fingerprint density at radius 3 is 2.50 bits per heavy atom. The monoisotopic (exact) mass is 234 g/mol. The van der Waals surface area contributed by atoms with Crippen LogP contribution in [0, 0.1) is 0 Å². The third-order valence-corrected chi connectivity index (χ3v) is 2.80. The molecule has 0 unspecified atom stereocenters. The molecule has 1 saturated heterocycles. The molecule has 0 aliphatic carbocycles. The highest BCUT2D eigenvalue weighted by atomic mass is 16.7. The Hall–Kier alpha value is -0.200. The quantitative estimate of drug-likeness (QED) is 0.541. The largest absolute Gasteiger partial charge is 0.394 e. The number of unbranched alkanes of at least 4 members (excludes halogenated alkanes) is 3. The van der Waals surface area contributed by atoms with Crippen LogP contribution < -0.4 is 0 Å². The molecule has 3 N–H and O–H groups in total. The second-order valence-electron chi connectivity index (χ2n) is 4.13. The highest BCUT2D eigenvalue weighted by Gasteiger charge is 2.43. The van der Waals surface area contributed by atoms with Gasteiger partial charge in [-0.15, -0.1) is 0 Å². The van der Waals surface area contributed by atoms with Gasteiger partial charge in [-0.2, -0.15) is 0 Å². The van der Waals surface area contributed by atoms with Gasteiger partial charge in [0, 0.05) is 6.61 Å². The Balaban J connectivity index is 2.20. The molecule has 0 aromatic carbocycles. The summed E-state index contributed by atoms with van der Waals surface area (Å²) in [5.74, 6) is 0. The molecule has 0 aromatic heterocycles. The Labute approximate surface area is 96.0 Å². The van der Waals surface area contributed by atoms with Gasteiger partial charge in [-0.25, -0.2) is 0 Å². The summed E-state index contributed by atoms with van der Waals surface area (Å²) >= 11 is 0. The lowest BCUT2D eigenvalue weighted by Gasteiger charge is -2.17. The molecule has 16 heavy (non-hydrogen) atoms. The van der Waals surface area contributed by atoms with Gasteiger partial charge in [0.05, 0.1) is 6.61 Å². The van der Waals surface area contributed by atoms with Gasteiger partial charge in [-0.05, 0) is 6.42 Å². The van der Waals surface area contributed by atoms with Gasteiger partial charge in [0.2, 0.25) is 0 Å². The zero-order valence-corrected chi connectivity index (χ0v) is 9.71. The first-order chi connectivity index (χ1) is 7.70. The van der Waals surface area contributed by atoms with Crippen LogP contribution in [0.2, 0.25) is 0 Å². The van der Waals surface area contributed by atoms with E-state index >= 15 is 0 Å². The first kappa shape index (κ1) is 13.9. The molecule has 1 heterocycles. The molecule has 1 fully saturated rings. The van der Waals surface area contributed by atoms with Crippen molar-refractivity contribution >= 4 is 0 Å². The number of hydrogen-bond acceptors (Lipinski definition) is 5. The van der Waals surface area contributed by atoms with E-state index in [2.05, 4.69) is 6.92 Å². The van der Waals surface area contributed by atoms with Crippen molar-refractivity contribution in [3.8, 4) is 0 Å². The van der Waals surface area contributed by atoms with Crippen molar-refractivity contribution in [1.82, 2.24) is 0 Å². The summed E-state index contributed by atoms with van der Waals surface area (Å²) in [6, 6.07) is 0. The minimum atomic E-state index is -1.14. The molecule has 1 rings (SSSR count).